The molecule has 2 nitrogen and oxygen atoms in total. The van der Waals surface area contributed by atoms with Gasteiger partial charge in [-0.25, -0.2) is 0 Å². The fourth-order valence-electron chi connectivity index (χ4n) is 4.52. The molecule has 0 aromatic rings. The second-order valence-corrected chi connectivity index (χ2v) is 6.49. The Hall–Kier alpha value is -0.310. The third-order valence-electron chi connectivity index (χ3n) is 5.14. The van der Waals surface area contributed by atoms with Crippen molar-refractivity contribution < 1.29 is 0 Å². The maximum atomic E-state index is 5.37. The first kappa shape index (κ1) is 10.8. The summed E-state index contributed by atoms with van der Waals surface area (Å²) in [5, 5.41) is 4.50. The molecule has 0 heterocycles. The smallest absolute Gasteiger partial charge is 0.168 e. The highest BCUT2D eigenvalue weighted by molar-refractivity contribution is 7.80. The van der Waals surface area contributed by atoms with Gasteiger partial charge in [0, 0.05) is 20.1 Å². The summed E-state index contributed by atoms with van der Waals surface area (Å²) >= 11 is 5.37. The zero-order valence-corrected chi connectivity index (χ0v) is 11.1. The molecule has 2 bridgehead atoms. The van der Waals surface area contributed by atoms with Gasteiger partial charge in [0.15, 0.2) is 5.11 Å². The van der Waals surface area contributed by atoms with Gasteiger partial charge < -0.3 is 10.2 Å². The van der Waals surface area contributed by atoms with E-state index in [1.165, 1.54) is 32.1 Å². The molecule has 3 fully saturated rings. The minimum Gasteiger partial charge on any atom is -0.360 e. The average molecular weight is 238 g/mol. The van der Waals surface area contributed by atoms with Crippen molar-refractivity contribution in [3.8, 4) is 0 Å². The minimum atomic E-state index is 0.680. The predicted octanol–water partition coefficient (Wildman–Crippen LogP) is 2.25. The highest BCUT2D eigenvalue weighted by atomic mass is 32.1. The summed E-state index contributed by atoms with van der Waals surface area (Å²) < 4.78 is 0. The molecule has 3 heteroatoms. The lowest BCUT2D eigenvalue weighted by molar-refractivity contribution is 0.221. The van der Waals surface area contributed by atoms with Crippen molar-refractivity contribution in [3.63, 3.8) is 0 Å². The molecule has 0 saturated heterocycles. The van der Waals surface area contributed by atoms with E-state index in [1.807, 2.05) is 19.0 Å². The van der Waals surface area contributed by atoms with Crippen LogP contribution in [0.4, 0.5) is 0 Å². The Kier molecular flexibility index (Phi) is 2.61. The lowest BCUT2D eigenvalue weighted by atomic mass is 9.79. The van der Waals surface area contributed by atoms with Crippen molar-refractivity contribution in [1.29, 1.82) is 0 Å². The van der Waals surface area contributed by atoms with Gasteiger partial charge in [0.25, 0.3) is 0 Å². The topological polar surface area (TPSA) is 15.3 Å². The van der Waals surface area contributed by atoms with E-state index < -0.39 is 0 Å². The van der Waals surface area contributed by atoms with Gasteiger partial charge >= 0.3 is 0 Å². The van der Waals surface area contributed by atoms with Crippen LogP contribution in [-0.2, 0) is 0 Å². The number of fused-ring (bicyclic) bond motifs is 5. The molecule has 0 aromatic carbocycles. The van der Waals surface area contributed by atoms with Crippen LogP contribution in [0, 0.1) is 23.7 Å². The third kappa shape index (κ3) is 1.55. The average Bonchev–Trinajstić information content (AvgIpc) is 2.87. The van der Waals surface area contributed by atoms with Crippen LogP contribution in [0.1, 0.15) is 32.1 Å². The van der Waals surface area contributed by atoms with E-state index in [2.05, 4.69) is 5.32 Å². The SMILES string of the molecule is CN(C)C(=S)N[C@H]1C[C@H]2C[C@@H]1[C@H]1CCC[C@@H]21. The molecule has 3 rings (SSSR count). The summed E-state index contributed by atoms with van der Waals surface area (Å²) in [6.07, 6.45) is 7.32. The molecule has 0 unspecified atom stereocenters. The van der Waals surface area contributed by atoms with Crippen LogP contribution in [0.3, 0.4) is 0 Å². The second-order valence-electron chi connectivity index (χ2n) is 6.10. The molecule has 0 aromatic heterocycles. The van der Waals surface area contributed by atoms with E-state index >= 15 is 0 Å². The molecule has 90 valence electrons. The summed E-state index contributed by atoms with van der Waals surface area (Å²) in [5.41, 5.74) is 0. The first-order chi connectivity index (χ1) is 7.66. The zero-order valence-electron chi connectivity index (χ0n) is 10.3. The lowest BCUT2D eigenvalue weighted by Gasteiger charge is -2.33. The molecule has 3 aliphatic carbocycles. The van der Waals surface area contributed by atoms with E-state index in [9.17, 15) is 0 Å². The van der Waals surface area contributed by atoms with Crippen molar-refractivity contribution >= 4 is 17.3 Å². The second kappa shape index (κ2) is 3.86. The van der Waals surface area contributed by atoms with Crippen LogP contribution in [0.15, 0.2) is 0 Å². The summed E-state index contributed by atoms with van der Waals surface area (Å²) in [6.45, 7) is 0. The van der Waals surface area contributed by atoms with Gasteiger partial charge in [0.1, 0.15) is 0 Å². The van der Waals surface area contributed by atoms with Crippen LogP contribution in [0.5, 0.6) is 0 Å². The summed E-state index contributed by atoms with van der Waals surface area (Å²) in [4.78, 5) is 2.02. The molecule has 0 radical (unpaired) electrons. The van der Waals surface area contributed by atoms with E-state index in [0.717, 1.165) is 28.8 Å². The Balaban J connectivity index is 1.66. The van der Waals surface area contributed by atoms with Gasteiger partial charge in [0.2, 0.25) is 0 Å². The number of thiocarbonyl (C=S) groups is 1. The van der Waals surface area contributed by atoms with Crippen LogP contribution < -0.4 is 5.32 Å². The quantitative estimate of drug-likeness (QED) is 0.705. The van der Waals surface area contributed by atoms with Gasteiger partial charge in [-0.1, -0.05) is 6.42 Å². The standard InChI is InChI=1S/C13H22N2S/c1-15(2)13(16)14-12-7-8-6-11(12)10-5-3-4-9(8)10/h8-12H,3-7H2,1-2H3,(H,14,16)/t8-,9+,10+,11-,12+/m1/s1. The molecule has 0 amide bonds. The Morgan fingerprint density at radius 1 is 1.12 bits per heavy atom. The Morgan fingerprint density at radius 3 is 2.62 bits per heavy atom. The monoisotopic (exact) mass is 238 g/mol. The predicted molar refractivity (Wildman–Crippen MR) is 70.3 cm³/mol. The first-order valence-electron chi connectivity index (χ1n) is 6.64. The van der Waals surface area contributed by atoms with Crippen molar-refractivity contribution in [1.82, 2.24) is 10.2 Å². The van der Waals surface area contributed by atoms with E-state index in [1.54, 1.807) is 0 Å². The van der Waals surface area contributed by atoms with Gasteiger partial charge in [-0.05, 0) is 61.6 Å². The van der Waals surface area contributed by atoms with Crippen LogP contribution in [0.25, 0.3) is 0 Å². The molecule has 0 spiro atoms. The van der Waals surface area contributed by atoms with Crippen LogP contribution >= 0.6 is 12.2 Å². The highest BCUT2D eigenvalue weighted by Gasteiger charge is 2.53. The number of rotatable bonds is 1. The molecule has 0 aliphatic heterocycles. The van der Waals surface area contributed by atoms with E-state index in [0.29, 0.717) is 6.04 Å². The van der Waals surface area contributed by atoms with Crippen molar-refractivity contribution in [2.45, 2.75) is 38.1 Å². The molecule has 16 heavy (non-hydrogen) atoms. The van der Waals surface area contributed by atoms with Crippen LogP contribution in [0.2, 0.25) is 0 Å². The van der Waals surface area contributed by atoms with Crippen molar-refractivity contribution in [2.75, 3.05) is 14.1 Å². The Bertz CT molecular complexity index is 302. The molecular weight excluding hydrogens is 216 g/mol. The first-order valence-corrected chi connectivity index (χ1v) is 7.05. The van der Waals surface area contributed by atoms with Gasteiger partial charge in [-0.15, -0.1) is 0 Å². The van der Waals surface area contributed by atoms with Crippen molar-refractivity contribution in [3.05, 3.63) is 0 Å². The summed E-state index contributed by atoms with van der Waals surface area (Å²) in [5.74, 6) is 4.05. The Labute approximate surface area is 104 Å². The van der Waals surface area contributed by atoms with Gasteiger partial charge in [-0.3, -0.25) is 0 Å². The number of hydrogen-bond acceptors (Lipinski definition) is 1. The van der Waals surface area contributed by atoms with Gasteiger partial charge in [0.05, 0.1) is 0 Å². The molecular formula is C13H22N2S. The maximum Gasteiger partial charge on any atom is 0.168 e. The number of nitrogens with one attached hydrogen (secondary N) is 1. The molecule has 1 N–H and O–H groups in total. The fraction of sp³-hybridized carbons (Fsp3) is 0.923. The number of hydrogen-bond donors (Lipinski definition) is 1. The van der Waals surface area contributed by atoms with E-state index in [4.69, 9.17) is 12.2 Å². The van der Waals surface area contributed by atoms with Gasteiger partial charge in [-0.2, -0.15) is 0 Å². The zero-order chi connectivity index (χ0) is 11.3. The van der Waals surface area contributed by atoms with Crippen molar-refractivity contribution in [2.24, 2.45) is 23.7 Å². The largest absolute Gasteiger partial charge is 0.360 e. The Morgan fingerprint density at radius 2 is 1.88 bits per heavy atom. The maximum absolute atomic E-state index is 5.37. The molecule has 3 aliphatic rings. The molecule has 3 saturated carbocycles. The summed E-state index contributed by atoms with van der Waals surface area (Å²) in [6, 6.07) is 0.680. The summed E-state index contributed by atoms with van der Waals surface area (Å²) in [7, 11) is 4.06. The lowest BCUT2D eigenvalue weighted by Crippen LogP contribution is -2.46. The third-order valence-corrected chi connectivity index (χ3v) is 5.63. The van der Waals surface area contributed by atoms with Crippen LogP contribution in [-0.4, -0.2) is 30.1 Å². The number of nitrogens with zero attached hydrogens (tertiary/aromatic N) is 1. The minimum absolute atomic E-state index is 0.680. The van der Waals surface area contributed by atoms with E-state index in [-0.39, 0.29) is 0 Å². The highest BCUT2D eigenvalue weighted by Crippen LogP contribution is 2.58. The normalized spacial score (nSPS) is 44.5. The molecule has 5 atom stereocenters. The fourth-order valence-corrected chi connectivity index (χ4v) is 4.67.